The number of thiocarbonyl (C=S) groups is 1. The molecule has 144 valence electrons. The Bertz CT molecular complexity index is 936. The van der Waals surface area contributed by atoms with Gasteiger partial charge < -0.3 is 5.32 Å². The van der Waals surface area contributed by atoms with E-state index in [0.29, 0.717) is 10.2 Å². The van der Waals surface area contributed by atoms with Gasteiger partial charge in [0.15, 0.2) is 5.11 Å². The van der Waals surface area contributed by atoms with E-state index in [1.165, 1.54) is 62.7 Å². The van der Waals surface area contributed by atoms with E-state index in [4.69, 9.17) is 17.1 Å². The Kier molecular flexibility index (Phi) is 6.80. The lowest BCUT2D eigenvalue weighted by molar-refractivity contribution is -0.0258. The lowest BCUT2D eigenvalue weighted by Gasteiger charge is -2.15. The maximum atomic E-state index is 12.9. The Morgan fingerprint density at radius 3 is 2.44 bits per heavy atom. The molecule has 2 aromatic carbocycles. The molecule has 0 aliphatic carbocycles. The number of rotatable bonds is 5. The van der Waals surface area contributed by atoms with Crippen LogP contribution in [-0.2, 0) is 14.9 Å². The number of benzene rings is 2. The van der Waals surface area contributed by atoms with Gasteiger partial charge in [0.1, 0.15) is 5.82 Å². The summed E-state index contributed by atoms with van der Waals surface area (Å²) in [5.41, 5.74) is 5.45. The highest BCUT2D eigenvalue weighted by molar-refractivity contribution is 7.89. The molecule has 2 aromatic rings. The molecule has 3 N–H and O–H groups in total. The van der Waals surface area contributed by atoms with Gasteiger partial charge in [-0.2, -0.15) is 0 Å². The molecule has 0 aromatic heterocycles. The molecule has 0 aliphatic heterocycles. The molecule has 8 nitrogen and oxygen atoms in total. The largest absolute Gasteiger partial charge is 0.331 e. The third-order valence-electron chi connectivity index (χ3n) is 3.38. The molecular formula is C16H17FN4O4S2. The molecule has 0 unspecified atom stereocenters. The average molecular weight is 412 g/mol. The molecule has 11 heteroatoms. The fourth-order valence-electron chi connectivity index (χ4n) is 1.93. The number of amides is 1. The first-order valence-electron chi connectivity index (χ1n) is 7.50. The van der Waals surface area contributed by atoms with Crippen LogP contribution in [0.1, 0.15) is 10.4 Å². The van der Waals surface area contributed by atoms with Crippen LogP contribution >= 0.6 is 12.2 Å². The number of carbonyl (C=O) groups excluding carboxylic acids is 1. The molecule has 0 spiro atoms. The van der Waals surface area contributed by atoms with Crippen molar-refractivity contribution in [3.8, 4) is 0 Å². The summed E-state index contributed by atoms with van der Waals surface area (Å²) in [4.78, 5) is 16.8. The minimum atomic E-state index is -3.88. The quantitative estimate of drug-likeness (QED) is 0.507. The summed E-state index contributed by atoms with van der Waals surface area (Å²) in [7, 11) is -1.42. The number of hydrazine groups is 1. The van der Waals surface area contributed by atoms with Gasteiger partial charge in [-0.3, -0.25) is 20.5 Å². The molecule has 27 heavy (non-hydrogen) atoms. The highest BCUT2D eigenvalue weighted by Gasteiger charge is 2.21. The van der Waals surface area contributed by atoms with Crippen molar-refractivity contribution in [2.75, 3.05) is 19.5 Å². The van der Waals surface area contributed by atoms with Gasteiger partial charge in [0.2, 0.25) is 0 Å². The second kappa shape index (κ2) is 8.86. The summed E-state index contributed by atoms with van der Waals surface area (Å²) in [5, 5.41) is 2.82. The van der Waals surface area contributed by atoms with Crippen molar-refractivity contribution in [3.63, 3.8) is 0 Å². The summed E-state index contributed by atoms with van der Waals surface area (Å²) in [6, 6.07) is 10.9. The molecule has 0 radical (unpaired) electrons. The molecule has 2 rings (SSSR count). The van der Waals surface area contributed by atoms with E-state index in [1.54, 1.807) is 0 Å². The number of hydrogen-bond acceptors (Lipinski definition) is 5. The minimum Gasteiger partial charge on any atom is -0.331 e. The van der Waals surface area contributed by atoms with E-state index >= 15 is 0 Å². The van der Waals surface area contributed by atoms with Gasteiger partial charge >= 0.3 is 0 Å². The van der Waals surface area contributed by atoms with Crippen LogP contribution in [-0.4, -0.2) is 38.1 Å². The van der Waals surface area contributed by atoms with Gasteiger partial charge in [0.05, 0.1) is 12.0 Å². The number of halogens is 1. The van der Waals surface area contributed by atoms with Crippen molar-refractivity contribution in [2.24, 2.45) is 0 Å². The van der Waals surface area contributed by atoms with Crippen molar-refractivity contribution in [1.82, 2.24) is 15.3 Å². The zero-order valence-electron chi connectivity index (χ0n) is 14.4. The first-order valence-corrected chi connectivity index (χ1v) is 9.35. The zero-order chi connectivity index (χ0) is 20.0. The van der Waals surface area contributed by atoms with Gasteiger partial charge in [0.25, 0.3) is 15.9 Å². The molecule has 0 bridgehead atoms. The van der Waals surface area contributed by atoms with Gasteiger partial charge in [-0.05, 0) is 54.7 Å². The number of nitrogens with one attached hydrogen (secondary N) is 3. The topological polar surface area (TPSA) is 99.8 Å². The minimum absolute atomic E-state index is 0.0675. The van der Waals surface area contributed by atoms with E-state index in [2.05, 4.69) is 16.2 Å². The number of nitrogens with zero attached hydrogens (tertiary/aromatic N) is 1. The van der Waals surface area contributed by atoms with Crippen LogP contribution in [0.15, 0.2) is 53.4 Å². The Hall–Kier alpha value is -2.60. The number of hydrogen-bond donors (Lipinski definition) is 3. The van der Waals surface area contributed by atoms with E-state index in [1.807, 2.05) is 0 Å². The highest BCUT2D eigenvalue weighted by Crippen LogP contribution is 2.16. The Balaban J connectivity index is 2.01. The van der Waals surface area contributed by atoms with Crippen LogP contribution in [0.2, 0.25) is 0 Å². The normalized spacial score (nSPS) is 11.1. The van der Waals surface area contributed by atoms with Crippen LogP contribution in [0.4, 0.5) is 10.1 Å². The van der Waals surface area contributed by atoms with E-state index in [9.17, 15) is 17.6 Å². The Morgan fingerprint density at radius 2 is 1.81 bits per heavy atom. The SMILES string of the molecule is CON(C)S(=O)(=O)c1cccc(C(=O)NNC(=S)Nc2ccc(F)cc2)c1. The maximum absolute atomic E-state index is 12.9. The third kappa shape index (κ3) is 5.44. The first-order chi connectivity index (χ1) is 12.7. The van der Waals surface area contributed by atoms with Crippen molar-refractivity contribution < 1.29 is 22.4 Å². The molecular weight excluding hydrogens is 395 g/mol. The molecule has 1 amide bonds. The summed E-state index contributed by atoms with van der Waals surface area (Å²) in [5.74, 6) is -0.989. The predicted molar refractivity (Wildman–Crippen MR) is 102 cm³/mol. The van der Waals surface area contributed by atoms with Gasteiger partial charge in [0, 0.05) is 18.3 Å². The molecule has 0 saturated carbocycles. The van der Waals surface area contributed by atoms with E-state index in [-0.39, 0.29) is 21.4 Å². The molecule has 0 saturated heterocycles. The summed E-state index contributed by atoms with van der Waals surface area (Å²) in [6.45, 7) is 0. The number of sulfonamides is 1. The standard InChI is InChI=1S/C16H17FN4O4S2/c1-21(25-2)27(23,24)14-5-3-4-11(10-14)15(22)19-20-16(26)18-13-8-6-12(17)7-9-13/h3-10H,1-2H3,(H,19,22)(H2,18,20,26). The van der Waals surface area contributed by atoms with Crippen molar-refractivity contribution in [2.45, 2.75) is 4.90 Å². The number of carbonyl (C=O) groups is 1. The Morgan fingerprint density at radius 1 is 1.15 bits per heavy atom. The smallest absolute Gasteiger partial charge is 0.269 e. The molecule has 0 fully saturated rings. The highest BCUT2D eigenvalue weighted by atomic mass is 32.2. The van der Waals surface area contributed by atoms with Gasteiger partial charge in [-0.1, -0.05) is 10.5 Å². The van der Waals surface area contributed by atoms with Crippen molar-refractivity contribution >= 4 is 38.9 Å². The second-order valence-corrected chi connectivity index (χ2v) is 7.51. The van der Waals surface area contributed by atoms with Gasteiger partial charge in [-0.15, -0.1) is 0 Å². The monoisotopic (exact) mass is 412 g/mol. The third-order valence-corrected chi connectivity index (χ3v) is 5.26. The van der Waals surface area contributed by atoms with Crippen LogP contribution in [0.25, 0.3) is 0 Å². The zero-order valence-corrected chi connectivity index (χ0v) is 16.0. The fourth-order valence-corrected chi connectivity index (χ4v) is 3.11. The Labute approximate surface area is 161 Å². The fraction of sp³-hybridized carbons (Fsp3) is 0.125. The molecule has 0 aliphatic rings. The van der Waals surface area contributed by atoms with Gasteiger partial charge in [-0.25, -0.2) is 12.8 Å². The lowest BCUT2D eigenvalue weighted by atomic mass is 10.2. The number of hydroxylamine groups is 1. The molecule has 0 heterocycles. The summed E-state index contributed by atoms with van der Waals surface area (Å²) >= 11 is 5.02. The van der Waals surface area contributed by atoms with Crippen LogP contribution in [0.3, 0.4) is 0 Å². The lowest BCUT2D eigenvalue weighted by Crippen LogP contribution is -2.43. The predicted octanol–water partition coefficient (Wildman–Crippen LogP) is 1.64. The summed E-state index contributed by atoms with van der Waals surface area (Å²) < 4.78 is 38.0. The second-order valence-electron chi connectivity index (χ2n) is 5.17. The van der Waals surface area contributed by atoms with E-state index < -0.39 is 15.9 Å². The van der Waals surface area contributed by atoms with Crippen molar-refractivity contribution in [1.29, 1.82) is 0 Å². The van der Waals surface area contributed by atoms with Crippen LogP contribution in [0.5, 0.6) is 0 Å². The number of anilines is 1. The molecule has 0 atom stereocenters. The van der Waals surface area contributed by atoms with Crippen LogP contribution in [0, 0.1) is 5.82 Å². The summed E-state index contributed by atoms with van der Waals surface area (Å²) in [6.07, 6.45) is 0. The van der Waals surface area contributed by atoms with Crippen molar-refractivity contribution in [3.05, 3.63) is 59.9 Å². The maximum Gasteiger partial charge on any atom is 0.269 e. The van der Waals surface area contributed by atoms with Crippen LogP contribution < -0.4 is 16.2 Å². The average Bonchev–Trinajstić information content (AvgIpc) is 2.67. The first kappa shape index (κ1) is 20.7. The van der Waals surface area contributed by atoms with E-state index in [0.717, 1.165) is 0 Å².